The zero-order valence-corrected chi connectivity index (χ0v) is 19.9. The summed E-state index contributed by atoms with van der Waals surface area (Å²) in [6.45, 7) is 0.0617. The minimum Gasteiger partial charge on any atom is -0.480 e. The predicted molar refractivity (Wildman–Crippen MR) is 119 cm³/mol. The Labute approximate surface area is 193 Å². The summed E-state index contributed by atoms with van der Waals surface area (Å²) in [5.74, 6) is -2.15. The van der Waals surface area contributed by atoms with Crippen LogP contribution in [0.1, 0.15) is 19.3 Å². The third-order valence-corrected chi connectivity index (χ3v) is 5.71. The Kier molecular flexibility index (Phi) is 13.1. The van der Waals surface area contributed by atoms with E-state index < -0.39 is 37.8 Å². The highest BCUT2D eigenvalue weighted by atomic mass is 31.2. The van der Waals surface area contributed by atoms with Crippen molar-refractivity contribution >= 4 is 25.5 Å². The second-order valence-electron chi connectivity index (χ2n) is 7.54. The van der Waals surface area contributed by atoms with Crippen LogP contribution < -0.4 is 5.32 Å². The lowest BCUT2D eigenvalue weighted by molar-refractivity contribution is -0.150. The molecule has 4 N–H and O–H groups in total. The lowest BCUT2D eigenvalue weighted by Crippen LogP contribution is -2.48. The van der Waals surface area contributed by atoms with Gasteiger partial charge in [-0.3, -0.25) is 28.7 Å². The van der Waals surface area contributed by atoms with Gasteiger partial charge in [0.05, 0.1) is 27.3 Å². The van der Waals surface area contributed by atoms with Crippen LogP contribution in [-0.2, 0) is 28.4 Å². The van der Waals surface area contributed by atoms with E-state index in [4.69, 9.17) is 14.6 Å². The highest BCUT2D eigenvalue weighted by Gasteiger charge is 2.30. The lowest BCUT2D eigenvalue weighted by Gasteiger charge is -2.32. The SMILES string of the molecule is COC(=O)CN(CCN(CCNCC(=O)O)CP(=O)(O)O)C(CC1=CCCC=C1)C(=O)OC. The minimum absolute atomic E-state index is 0.110. The summed E-state index contributed by atoms with van der Waals surface area (Å²) in [6, 6.07) is -0.801. The first kappa shape index (κ1) is 29.0. The Bertz CT molecular complexity index is 766. The molecule has 0 bridgehead atoms. The molecule has 0 amide bonds. The summed E-state index contributed by atoms with van der Waals surface area (Å²) in [6.07, 6.45) is 7.44. The van der Waals surface area contributed by atoms with Gasteiger partial charge in [0.25, 0.3) is 0 Å². The number of hydrogen-bond donors (Lipinski definition) is 4. The lowest BCUT2D eigenvalue weighted by atomic mass is 9.99. The molecule has 1 unspecified atom stereocenters. The van der Waals surface area contributed by atoms with Gasteiger partial charge in [-0.1, -0.05) is 23.8 Å². The molecular formula is C20H34N3O9P. The van der Waals surface area contributed by atoms with Crippen molar-refractivity contribution in [3.63, 3.8) is 0 Å². The zero-order valence-electron chi connectivity index (χ0n) is 19.0. The summed E-state index contributed by atoms with van der Waals surface area (Å²) < 4.78 is 21.3. The summed E-state index contributed by atoms with van der Waals surface area (Å²) in [4.78, 5) is 57.1. The maximum absolute atomic E-state index is 12.6. The standard InChI is InChI=1S/C20H34N3O9P/c1-31-19(26)14-23(17(20(27)32-2)12-16-6-4-3-5-7-16)11-10-22(15-33(28,29)30)9-8-21-13-18(24)25/h4,6-7,17,21H,3,5,8-15H2,1-2H3,(H,24,25)(H2,28,29,30). The van der Waals surface area contributed by atoms with Crippen molar-refractivity contribution in [2.75, 3.05) is 59.8 Å². The Morgan fingerprint density at radius 1 is 1.15 bits per heavy atom. The van der Waals surface area contributed by atoms with Crippen molar-refractivity contribution < 1.29 is 43.3 Å². The van der Waals surface area contributed by atoms with Crippen molar-refractivity contribution in [2.24, 2.45) is 0 Å². The van der Waals surface area contributed by atoms with Crippen LogP contribution in [0.3, 0.4) is 0 Å². The molecule has 0 fully saturated rings. The summed E-state index contributed by atoms with van der Waals surface area (Å²) in [5.41, 5.74) is 0.927. The third-order valence-electron chi connectivity index (χ3n) is 4.94. The quantitative estimate of drug-likeness (QED) is 0.128. The molecule has 0 aromatic heterocycles. The van der Waals surface area contributed by atoms with Crippen LogP contribution in [0.5, 0.6) is 0 Å². The van der Waals surface area contributed by atoms with Crippen LogP contribution in [-0.4, -0.2) is 108 Å². The van der Waals surface area contributed by atoms with Crippen molar-refractivity contribution in [1.29, 1.82) is 0 Å². The number of nitrogens with one attached hydrogen (secondary N) is 1. The summed E-state index contributed by atoms with van der Waals surface area (Å²) in [7, 11) is -1.91. The first-order valence-corrected chi connectivity index (χ1v) is 12.3. The Morgan fingerprint density at radius 3 is 2.42 bits per heavy atom. The van der Waals surface area contributed by atoms with E-state index in [2.05, 4.69) is 5.32 Å². The van der Waals surface area contributed by atoms with Crippen molar-refractivity contribution in [2.45, 2.75) is 25.3 Å². The fourth-order valence-electron chi connectivity index (χ4n) is 3.33. The molecule has 0 aromatic rings. The number of hydrogen-bond acceptors (Lipinski definition) is 9. The van der Waals surface area contributed by atoms with Crippen LogP contribution in [0.25, 0.3) is 0 Å². The van der Waals surface area contributed by atoms with Crippen LogP contribution in [0.15, 0.2) is 23.8 Å². The molecule has 33 heavy (non-hydrogen) atoms. The molecule has 0 heterocycles. The monoisotopic (exact) mass is 491 g/mol. The van der Waals surface area contributed by atoms with Gasteiger partial charge in [-0.05, 0) is 19.3 Å². The maximum Gasteiger partial charge on any atom is 0.339 e. The number of nitrogens with zero attached hydrogens (tertiary/aromatic N) is 2. The van der Waals surface area contributed by atoms with Crippen molar-refractivity contribution in [3.05, 3.63) is 23.8 Å². The first-order valence-electron chi connectivity index (χ1n) is 10.5. The number of carbonyl (C=O) groups excluding carboxylic acids is 2. The number of ether oxygens (including phenoxy) is 2. The van der Waals surface area contributed by atoms with Gasteiger partial charge >= 0.3 is 25.5 Å². The molecule has 12 nitrogen and oxygen atoms in total. The molecule has 0 aromatic carbocycles. The second kappa shape index (κ2) is 14.9. The number of rotatable bonds is 16. The maximum atomic E-state index is 12.6. The predicted octanol–water partition coefficient (Wildman–Crippen LogP) is -0.219. The van der Waals surface area contributed by atoms with Crippen LogP contribution in [0.2, 0.25) is 0 Å². The van der Waals surface area contributed by atoms with E-state index in [0.29, 0.717) is 6.42 Å². The van der Waals surface area contributed by atoms with Gasteiger partial charge in [-0.15, -0.1) is 0 Å². The minimum atomic E-state index is -4.40. The molecule has 1 aliphatic rings. The van der Waals surface area contributed by atoms with E-state index in [1.807, 2.05) is 18.2 Å². The number of allylic oxidation sites excluding steroid dienone is 3. The topological polar surface area (TPSA) is 166 Å². The fourth-order valence-corrected chi connectivity index (χ4v) is 4.14. The number of carboxylic acid groups (broad SMARTS) is 1. The Hall–Kier alpha value is -2.08. The summed E-state index contributed by atoms with van der Waals surface area (Å²) in [5, 5.41) is 11.4. The normalized spacial score (nSPS) is 14.8. The van der Waals surface area contributed by atoms with Gasteiger partial charge in [0.15, 0.2) is 0 Å². The van der Waals surface area contributed by atoms with Gasteiger partial charge in [-0.2, -0.15) is 0 Å². The van der Waals surface area contributed by atoms with Gasteiger partial charge in [-0.25, -0.2) is 0 Å². The zero-order chi connectivity index (χ0) is 24.9. The molecule has 188 valence electrons. The smallest absolute Gasteiger partial charge is 0.339 e. The molecule has 1 rings (SSSR count). The summed E-state index contributed by atoms with van der Waals surface area (Å²) >= 11 is 0. The number of methoxy groups -OCH3 is 2. The Morgan fingerprint density at radius 2 is 1.88 bits per heavy atom. The molecule has 0 aliphatic heterocycles. The van der Waals surface area contributed by atoms with Crippen LogP contribution in [0, 0.1) is 0 Å². The van der Waals surface area contributed by atoms with Crippen LogP contribution in [0.4, 0.5) is 0 Å². The molecule has 0 saturated carbocycles. The number of carbonyl (C=O) groups is 3. The van der Waals surface area contributed by atoms with Crippen LogP contribution >= 0.6 is 7.60 Å². The molecule has 1 atom stereocenters. The fraction of sp³-hybridized carbons (Fsp3) is 0.650. The highest BCUT2D eigenvalue weighted by Crippen LogP contribution is 2.34. The Balaban J connectivity index is 2.97. The van der Waals surface area contributed by atoms with E-state index in [-0.39, 0.29) is 39.3 Å². The van der Waals surface area contributed by atoms with Crippen molar-refractivity contribution in [3.8, 4) is 0 Å². The van der Waals surface area contributed by atoms with Gasteiger partial charge in [0.2, 0.25) is 0 Å². The first-order chi connectivity index (χ1) is 15.6. The molecule has 0 radical (unpaired) electrons. The highest BCUT2D eigenvalue weighted by molar-refractivity contribution is 7.51. The van der Waals surface area contributed by atoms with E-state index in [9.17, 15) is 28.7 Å². The van der Waals surface area contributed by atoms with E-state index >= 15 is 0 Å². The van der Waals surface area contributed by atoms with Gasteiger partial charge in [0, 0.05) is 26.2 Å². The average molecular weight is 491 g/mol. The average Bonchev–Trinajstić information content (AvgIpc) is 2.76. The third kappa shape index (κ3) is 12.7. The molecule has 13 heteroatoms. The number of esters is 2. The number of aliphatic carboxylic acids is 1. The molecule has 0 spiro atoms. The van der Waals surface area contributed by atoms with Crippen molar-refractivity contribution in [1.82, 2.24) is 15.1 Å². The van der Waals surface area contributed by atoms with E-state index in [1.165, 1.54) is 19.1 Å². The molecule has 1 aliphatic carbocycles. The largest absolute Gasteiger partial charge is 0.480 e. The second-order valence-corrected chi connectivity index (χ2v) is 9.16. The molecule has 0 saturated heterocycles. The van der Waals surface area contributed by atoms with E-state index in [0.717, 1.165) is 18.4 Å². The van der Waals surface area contributed by atoms with Gasteiger partial charge in [0.1, 0.15) is 12.3 Å². The number of carboxylic acids is 1. The van der Waals surface area contributed by atoms with Gasteiger partial charge < -0.3 is 29.7 Å². The molecular weight excluding hydrogens is 457 g/mol. The van der Waals surface area contributed by atoms with E-state index in [1.54, 1.807) is 4.90 Å².